The van der Waals surface area contributed by atoms with Crippen LogP contribution in [0.4, 0.5) is 10.1 Å². The molecule has 0 aliphatic carbocycles. The first-order valence-electron chi connectivity index (χ1n) is 6.50. The van der Waals surface area contributed by atoms with E-state index in [1.54, 1.807) is 43.3 Å². The molecular weight excluding hydrogens is 307 g/mol. The number of halogens is 2. The molecule has 0 heterocycles. The average molecular weight is 321 g/mol. The second-order valence-corrected chi connectivity index (χ2v) is 4.65. The Balaban J connectivity index is 2.07. The number of rotatable bonds is 5. The van der Waals surface area contributed by atoms with Gasteiger partial charge in [0.25, 0.3) is 5.91 Å². The lowest BCUT2D eigenvalue weighted by Crippen LogP contribution is -2.29. The summed E-state index contributed by atoms with van der Waals surface area (Å²) in [5, 5.41) is -0.171. The van der Waals surface area contributed by atoms with Crippen molar-refractivity contribution in [1.82, 2.24) is 5.43 Å². The molecule has 0 saturated carbocycles. The zero-order valence-corrected chi connectivity index (χ0v) is 12.5. The molecule has 0 bridgehead atoms. The number of allylic oxidation sites excluding steroid dienone is 1. The fraction of sp³-hybridized carbons (Fsp3) is 0.0625. The summed E-state index contributed by atoms with van der Waals surface area (Å²) in [6.07, 6.45) is 2.97. The minimum absolute atomic E-state index is 0.00281. The first kappa shape index (κ1) is 15.9. The Hall–Kier alpha value is -2.53. The van der Waals surface area contributed by atoms with E-state index in [-0.39, 0.29) is 22.4 Å². The van der Waals surface area contributed by atoms with E-state index in [0.717, 1.165) is 0 Å². The van der Waals surface area contributed by atoms with Crippen LogP contribution in [-0.4, -0.2) is 5.91 Å². The van der Waals surface area contributed by atoms with Gasteiger partial charge < -0.3 is 4.74 Å². The fourth-order valence-electron chi connectivity index (χ4n) is 1.65. The molecule has 2 aromatic rings. The molecule has 0 spiro atoms. The van der Waals surface area contributed by atoms with E-state index in [1.165, 1.54) is 18.4 Å². The van der Waals surface area contributed by atoms with E-state index in [4.69, 9.17) is 16.3 Å². The summed E-state index contributed by atoms with van der Waals surface area (Å²) in [5.74, 6) is -1.06. The Kier molecular flexibility index (Phi) is 5.38. The third-order valence-corrected chi connectivity index (χ3v) is 3.09. The zero-order chi connectivity index (χ0) is 15.9. The van der Waals surface area contributed by atoms with Crippen LogP contribution >= 0.6 is 11.6 Å². The first-order valence-corrected chi connectivity index (χ1v) is 6.88. The number of nitrogens with one attached hydrogen (secondary N) is 2. The van der Waals surface area contributed by atoms with Crippen molar-refractivity contribution in [2.75, 3.05) is 5.43 Å². The Morgan fingerprint density at radius 1 is 1.23 bits per heavy atom. The highest BCUT2D eigenvalue weighted by atomic mass is 35.5. The maximum Gasteiger partial charge on any atom is 0.269 e. The molecule has 0 unspecified atom stereocenters. The largest absolute Gasteiger partial charge is 0.462 e. The van der Waals surface area contributed by atoms with Crippen molar-refractivity contribution in [2.24, 2.45) is 0 Å². The van der Waals surface area contributed by atoms with Gasteiger partial charge in [0, 0.05) is 5.56 Å². The van der Waals surface area contributed by atoms with Crippen molar-refractivity contribution in [2.45, 2.75) is 6.92 Å². The van der Waals surface area contributed by atoms with E-state index >= 15 is 0 Å². The van der Waals surface area contributed by atoms with E-state index in [1.807, 2.05) is 0 Å². The fourth-order valence-corrected chi connectivity index (χ4v) is 1.85. The van der Waals surface area contributed by atoms with Gasteiger partial charge in [-0.25, -0.2) is 4.39 Å². The number of amides is 1. The Morgan fingerprint density at radius 2 is 1.95 bits per heavy atom. The molecule has 6 heteroatoms. The van der Waals surface area contributed by atoms with Crippen molar-refractivity contribution in [3.63, 3.8) is 0 Å². The highest BCUT2D eigenvalue weighted by Gasteiger charge is 2.13. The van der Waals surface area contributed by atoms with Crippen LogP contribution in [0.3, 0.4) is 0 Å². The summed E-state index contributed by atoms with van der Waals surface area (Å²) in [4.78, 5) is 11.9. The van der Waals surface area contributed by atoms with Crippen molar-refractivity contribution < 1.29 is 13.9 Å². The maximum absolute atomic E-state index is 14.0. The lowest BCUT2D eigenvalue weighted by molar-refractivity contribution is 0.0962. The molecule has 2 aromatic carbocycles. The van der Waals surface area contributed by atoms with Crippen molar-refractivity contribution >= 4 is 23.2 Å². The first-order chi connectivity index (χ1) is 10.6. The molecular formula is C16H14ClFN2O2. The molecule has 0 fully saturated rings. The molecule has 114 valence electrons. The van der Waals surface area contributed by atoms with Crippen molar-refractivity contribution in [3.05, 3.63) is 71.2 Å². The molecule has 0 atom stereocenters. The summed E-state index contributed by atoms with van der Waals surface area (Å²) >= 11 is 5.91. The van der Waals surface area contributed by atoms with Crippen LogP contribution in [0.15, 0.2) is 54.8 Å². The topological polar surface area (TPSA) is 50.4 Å². The molecule has 4 nitrogen and oxygen atoms in total. The third kappa shape index (κ3) is 3.77. The quantitative estimate of drug-likeness (QED) is 0.643. The average Bonchev–Trinajstić information content (AvgIpc) is 2.56. The molecule has 2 rings (SSSR count). The predicted molar refractivity (Wildman–Crippen MR) is 84.4 cm³/mol. The van der Waals surface area contributed by atoms with Gasteiger partial charge in [0.2, 0.25) is 0 Å². The Morgan fingerprint density at radius 3 is 2.64 bits per heavy atom. The van der Waals surface area contributed by atoms with Gasteiger partial charge in [-0.1, -0.05) is 35.9 Å². The Bertz CT molecular complexity index is 690. The standard InChI is InChI=1S/C16H14ClFN2O2/c1-2-10-22-13-9-8-12(14(17)15(13)18)19-20-16(21)11-6-4-3-5-7-11/h2-10,19H,1H3,(H,20,21)/b10-2+. The molecule has 1 amide bonds. The highest BCUT2D eigenvalue weighted by molar-refractivity contribution is 6.33. The molecule has 2 N–H and O–H groups in total. The number of ether oxygens (including phenoxy) is 1. The molecule has 0 aromatic heterocycles. The summed E-state index contributed by atoms with van der Waals surface area (Å²) < 4.78 is 19.1. The van der Waals surface area contributed by atoms with E-state index < -0.39 is 5.82 Å². The van der Waals surface area contributed by atoms with Crippen LogP contribution in [0.25, 0.3) is 0 Å². The van der Waals surface area contributed by atoms with Gasteiger partial charge in [-0.3, -0.25) is 15.6 Å². The number of benzene rings is 2. The maximum atomic E-state index is 14.0. The molecule has 0 saturated heterocycles. The number of hydrazine groups is 1. The van der Waals surface area contributed by atoms with Crippen LogP contribution < -0.4 is 15.6 Å². The SMILES string of the molecule is C/C=C/Oc1ccc(NNC(=O)c2ccccc2)c(Cl)c1F. The number of carbonyl (C=O) groups excluding carboxylic acids is 1. The number of anilines is 1. The number of hydrogen-bond donors (Lipinski definition) is 2. The zero-order valence-electron chi connectivity index (χ0n) is 11.8. The van der Waals surface area contributed by atoms with Crippen molar-refractivity contribution in [3.8, 4) is 5.75 Å². The Labute approximate surface area is 132 Å². The van der Waals surface area contributed by atoms with Gasteiger partial charge in [0.1, 0.15) is 5.02 Å². The number of carbonyl (C=O) groups is 1. The van der Waals surface area contributed by atoms with Gasteiger partial charge in [0.05, 0.1) is 11.9 Å². The molecule has 0 radical (unpaired) electrons. The minimum atomic E-state index is -0.710. The lowest BCUT2D eigenvalue weighted by atomic mass is 10.2. The van der Waals surface area contributed by atoms with Crippen LogP contribution in [0.1, 0.15) is 17.3 Å². The molecule has 22 heavy (non-hydrogen) atoms. The summed E-state index contributed by atoms with van der Waals surface area (Å²) in [6.45, 7) is 1.74. The van der Waals surface area contributed by atoms with Gasteiger partial charge in [-0.05, 0) is 31.2 Å². The van der Waals surface area contributed by atoms with Gasteiger partial charge in [0.15, 0.2) is 11.6 Å². The van der Waals surface area contributed by atoms with E-state index in [9.17, 15) is 9.18 Å². The van der Waals surface area contributed by atoms with Gasteiger partial charge in [-0.15, -0.1) is 0 Å². The third-order valence-electron chi connectivity index (χ3n) is 2.72. The minimum Gasteiger partial charge on any atom is -0.462 e. The monoisotopic (exact) mass is 320 g/mol. The second-order valence-electron chi connectivity index (χ2n) is 4.27. The van der Waals surface area contributed by atoms with Crippen LogP contribution in [-0.2, 0) is 0 Å². The smallest absolute Gasteiger partial charge is 0.269 e. The van der Waals surface area contributed by atoms with Crippen molar-refractivity contribution in [1.29, 1.82) is 0 Å². The number of hydrogen-bond acceptors (Lipinski definition) is 3. The van der Waals surface area contributed by atoms with Gasteiger partial charge in [-0.2, -0.15) is 0 Å². The highest BCUT2D eigenvalue weighted by Crippen LogP contribution is 2.31. The lowest BCUT2D eigenvalue weighted by Gasteiger charge is -2.12. The van der Waals surface area contributed by atoms with Gasteiger partial charge >= 0.3 is 0 Å². The second kappa shape index (κ2) is 7.47. The van der Waals surface area contributed by atoms with E-state index in [2.05, 4.69) is 10.9 Å². The normalized spacial score (nSPS) is 10.5. The summed E-state index contributed by atoms with van der Waals surface area (Å²) in [5.41, 5.74) is 5.75. The van der Waals surface area contributed by atoms with Crippen LogP contribution in [0, 0.1) is 5.82 Å². The predicted octanol–water partition coefficient (Wildman–Crippen LogP) is 4.15. The molecule has 0 aliphatic heterocycles. The summed E-state index contributed by atoms with van der Waals surface area (Å²) in [7, 11) is 0. The van der Waals surface area contributed by atoms with E-state index in [0.29, 0.717) is 5.56 Å². The van der Waals surface area contributed by atoms with Crippen LogP contribution in [0.2, 0.25) is 5.02 Å². The molecule has 0 aliphatic rings. The van der Waals surface area contributed by atoms with Crippen LogP contribution in [0.5, 0.6) is 5.75 Å². The summed E-state index contributed by atoms with van der Waals surface area (Å²) in [6, 6.07) is 11.5.